The van der Waals surface area contributed by atoms with Crippen LogP contribution in [0.2, 0.25) is 0 Å². The molecule has 2 N–H and O–H groups in total. The standard InChI is InChI=1S/C21H15F4N5O/c22-15-6-4-13(5-7-15)17-9-19-26-10-18(30(19)12-28-17)14-2-1-3-16(8-14)29-20(31)27-11-21(23,24)25/h1-10,12H,11H2,(H2,27,29,31). The van der Waals surface area contributed by atoms with Crippen molar-refractivity contribution >= 4 is 17.4 Å². The Kier molecular flexibility index (Phi) is 5.28. The zero-order valence-corrected chi connectivity index (χ0v) is 15.8. The third kappa shape index (κ3) is 4.80. The van der Waals surface area contributed by atoms with Crippen molar-refractivity contribution < 1.29 is 22.4 Å². The number of nitrogens with one attached hydrogen (secondary N) is 2. The van der Waals surface area contributed by atoms with E-state index in [1.165, 1.54) is 12.1 Å². The van der Waals surface area contributed by atoms with E-state index in [2.05, 4.69) is 15.3 Å². The number of fused-ring (bicyclic) bond motifs is 1. The first-order chi connectivity index (χ1) is 14.8. The van der Waals surface area contributed by atoms with Crippen LogP contribution in [0.1, 0.15) is 0 Å². The molecular weight excluding hydrogens is 414 g/mol. The molecule has 0 saturated carbocycles. The molecule has 0 atom stereocenters. The number of hydrogen-bond donors (Lipinski definition) is 2. The fourth-order valence-corrected chi connectivity index (χ4v) is 2.99. The Hall–Kier alpha value is -3.95. The van der Waals surface area contributed by atoms with E-state index in [0.717, 1.165) is 5.56 Å². The number of nitrogens with zero attached hydrogens (tertiary/aromatic N) is 3. The van der Waals surface area contributed by atoms with Gasteiger partial charge in [0.15, 0.2) is 0 Å². The van der Waals surface area contributed by atoms with Gasteiger partial charge >= 0.3 is 12.2 Å². The first-order valence-corrected chi connectivity index (χ1v) is 9.09. The number of urea groups is 1. The van der Waals surface area contributed by atoms with Crippen LogP contribution in [0.25, 0.3) is 28.2 Å². The number of amides is 2. The van der Waals surface area contributed by atoms with Gasteiger partial charge in [-0.1, -0.05) is 12.1 Å². The predicted molar refractivity (Wildman–Crippen MR) is 107 cm³/mol. The lowest BCUT2D eigenvalue weighted by Crippen LogP contribution is -2.36. The summed E-state index contributed by atoms with van der Waals surface area (Å²) in [5, 5.41) is 4.13. The second-order valence-corrected chi connectivity index (χ2v) is 6.66. The number of carbonyl (C=O) groups excluding carboxylic acids is 1. The smallest absolute Gasteiger partial charge is 0.329 e. The third-order valence-electron chi connectivity index (χ3n) is 4.41. The molecule has 10 heteroatoms. The van der Waals surface area contributed by atoms with Gasteiger partial charge in [0.1, 0.15) is 24.3 Å². The molecule has 4 aromatic rings. The minimum absolute atomic E-state index is 0.322. The second-order valence-electron chi connectivity index (χ2n) is 6.66. The molecule has 2 amide bonds. The van der Waals surface area contributed by atoms with Crippen LogP contribution in [0.15, 0.2) is 67.1 Å². The van der Waals surface area contributed by atoms with Crippen LogP contribution in [-0.2, 0) is 0 Å². The maximum absolute atomic E-state index is 13.1. The predicted octanol–water partition coefficient (Wildman–Crippen LogP) is 4.89. The summed E-state index contributed by atoms with van der Waals surface area (Å²) in [6.07, 6.45) is -1.30. The van der Waals surface area contributed by atoms with Crippen molar-refractivity contribution in [2.24, 2.45) is 0 Å². The van der Waals surface area contributed by atoms with Crippen molar-refractivity contribution in [1.82, 2.24) is 19.7 Å². The van der Waals surface area contributed by atoms with Gasteiger partial charge in [0.2, 0.25) is 0 Å². The normalized spacial score (nSPS) is 11.5. The van der Waals surface area contributed by atoms with Crippen LogP contribution < -0.4 is 10.6 Å². The highest BCUT2D eigenvalue weighted by Gasteiger charge is 2.27. The number of rotatable bonds is 4. The molecule has 2 aromatic heterocycles. The summed E-state index contributed by atoms with van der Waals surface area (Å²) in [7, 11) is 0. The monoisotopic (exact) mass is 429 g/mol. The van der Waals surface area contributed by atoms with Gasteiger partial charge in [0.25, 0.3) is 0 Å². The molecule has 0 fully saturated rings. The number of halogens is 4. The van der Waals surface area contributed by atoms with E-state index < -0.39 is 18.8 Å². The Bertz CT molecular complexity index is 1230. The summed E-state index contributed by atoms with van der Waals surface area (Å²) in [5.74, 6) is -0.339. The van der Waals surface area contributed by atoms with Gasteiger partial charge in [-0.05, 0) is 36.4 Å². The van der Waals surface area contributed by atoms with E-state index in [4.69, 9.17) is 0 Å². The number of carbonyl (C=O) groups is 1. The molecule has 0 unspecified atom stereocenters. The molecule has 0 radical (unpaired) electrons. The highest BCUT2D eigenvalue weighted by Crippen LogP contribution is 2.25. The van der Waals surface area contributed by atoms with Crippen molar-refractivity contribution in [3.05, 3.63) is 72.9 Å². The van der Waals surface area contributed by atoms with Crippen LogP contribution in [-0.4, -0.2) is 33.1 Å². The Balaban J connectivity index is 1.57. The lowest BCUT2D eigenvalue weighted by Gasteiger charge is -2.10. The lowest BCUT2D eigenvalue weighted by atomic mass is 10.1. The first-order valence-electron chi connectivity index (χ1n) is 9.09. The number of anilines is 1. The highest BCUT2D eigenvalue weighted by atomic mass is 19.4. The summed E-state index contributed by atoms with van der Waals surface area (Å²) in [6.45, 7) is -1.42. The molecule has 158 valence electrons. The highest BCUT2D eigenvalue weighted by molar-refractivity contribution is 5.90. The van der Waals surface area contributed by atoms with Crippen LogP contribution in [0.3, 0.4) is 0 Å². The molecule has 0 spiro atoms. The quantitative estimate of drug-likeness (QED) is 0.454. The number of benzene rings is 2. The number of imidazole rings is 1. The minimum Gasteiger partial charge on any atom is -0.329 e. The summed E-state index contributed by atoms with van der Waals surface area (Å²) >= 11 is 0. The molecule has 2 heterocycles. The summed E-state index contributed by atoms with van der Waals surface area (Å²) in [6, 6.07) is 13.3. The van der Waals surface area contributed by atoms with E-state index >= 15 is 0 Å². The Morgan fingerprint density at radius 1 is 1.00 bits per heavy atom. The van der Waals surface area contributed by atoms with Crippen LogP contribution >= 0.6 is 0 Å². The van der Waals surface area contributed by atoms with E-state index in [9.17, 15) is 22.4 Å². The molecule has 0 bridgehead atoms. The Labute approximate surface area is 173 Å². The molecule has 2 aromatic carbocycles. The zero-order valence-electron chi connectivity index (χ0n) is 15.8. The lowest BCUT2D eigenvalue weighted by molar-refractivity contribution is -0.122. The first kappa shape index (κ1) is 20.3. The van der Waals surface area contributed by atoms with Gasteiger partial charge in [-0.25, -0.2) is 19.2 Å². The van der Waals surface area contributed by atoms with Crippen molar-refractivity contribution in [3.63, 3.8) is 0 Å². The molecule has 31 heavy (non-hydrogen) atoms. The molecule has 0 saturated heterocycles. The van der Waals surface area contributed by atoms with Crippen LogP contribution in [0.5, 0.6) is 0 Å². The van der Waals surface area contributed by atoms with Gasteiger partial charge in [0, 0.05) is 22.9 Å². The van der Waals surface area contributed by atoms with Gasteiger partial charge in [-0.3, -0.25) is 4.40 Å². The van der Waals surface area contributed by atoms with Crippen molar-refractivity contribution in [3.8, 4) is 22.5 Å². The maximum Gasteiger partial charge on any atom is 0.405 e. The zero-order chi connectivity index (χ0) is 22.0. The average Bonchev–Trinajstić information content (AvgIpc) is 3.16. The number of aromatic nitrogens is 3. The van der Waals surface area contributed by atoms with Gasteiger partial charge < -0.3 is 10.6 Å². The molecular formula is C21H15F4N5O. The molecule has 4 rings (SSSR count). The van der Waals surface area contributed by atoms with E-state index in [-0.39, 0.29) is 5.82 Å². The van der Waals surface area contributed by atoms with Crippen molar-refractivity contribution in [2.75, 3.05) is 11.9 Å². The Morgan fingerprint density at radius 3 is 2.52 bits per heavy atom. The van der Waals surface area contributed by atoms with Gasteiger partial charge in [0.05, 0.1) is 17.6 Å². The van der Waals surface area contributed by atoms with Gasteiger partial charge in [-0.2, -0.15) is 13.2 Å². The van der Waals surface area contributed by atoms with Crippen molar-refractivity contribution in [2.45, 2.75) is 6.18 Å². The van der Waals surface area contributed by atoms with Gasteiger partial charge in [-0.15, -0.1) is 0 Å². The molecule has 0 aliphatic heterocycles. The van der Waals surface area contributed by atoms with E-state index in [1.54, 1.807) is 64.7 Å². The number of hydrogen-bond acceptors (Lipinski definition) is 3. The molecule has 0 aliphatic rings. The van der Waals surface area contributed by atoms with E-state index in [1.807, 2.05) is 0 Å². The maximum atomic E-state index is 13.1. The van der Waals surface area contributed by atoms with E-state index in [0.29, 0.717) is 28.3 Å². The second kappa shape index (κ2) is 8.05. The summed E-state index contributed by atoms with van der Waals surface area (Å²) in [4.78, 5) is 20.5. The fraction of sp³-hybridized carbons (Fsp3) is 0.0952. The average molecular weight is 429 g/mol. The van der Waals surface area contributed by atoms with Crippen LogP contribution in [0, 0.1) is 5.82 Å². The number of alkyl halides is 3. The Morgan fingerprint density at radius 2 is 1.77 bits per heavy atom. The van der Waals surface area contributed by atoms with Crippen LogP contribution in [0.4, 0.5) is 28.0 Å². The minimum atomic E-state index is -4.49. The SMILES string of the molecule is O=C(NCC(F)(F)F)Nc1cccc(-c2cnc3cc(-c4ccc(F)cc4)ncn23)c1. The third-order valence-corrected chi connectivity index (χ3v) is 4.41. The summed E-state index contributed by atoms with van der Waals surface area (Å²) < 4.78 is 51.6. The largest absolute Gasteiger partial charge is 0.405 e. The molecule has 0 aliphatic carbocycles. The topological polar surface area (TPSA) is 71.3 Å². The summed E-state index contributed by atoms with van der Waals surface area (Å²) in [5.41, 5.74) is 3.64. The molecule has 6 nitrogen and oxygen atoms in total. The fourth-order valence-electron chi connectivity index (χ4n) is 2.99. The van der Waals surface area contributed by atoms with Crippen molar-refractivity contribution in [1.29, 1.82) is 0 Å².